The number of hydrogen-bond acceptors (Lipinski definition) is 10. The van der Waals surface area contributed by atoms with E-state index >= 15 is 0 Å². The van der Waals surface area contributed by atoms with Crippen molar-refractivity contribution >= 4 is 12.1 Å². The van der Waals surface area contributed by atoms with Gasteiger partial charge in [-0.15, -0.1) is 10.2 Å². The molecule has 0 unspecified atom stereocenters. The second kappa shape index (κ2) is 12.6. The molecule has 3 aromatic rings. The maximum Gasteiger partial charge on any atom is 0.407 e. The summed E-state index contributed by atoms with van der Waals surface area (Å²) in [5, 5.41) is 14.8. The Labute approximate surface area is 226 Å². The summed E-state index contributed by atoms with van der Waals surface area (Å²) in [4.78, 5) is 33.9. The Morgan fingerprint density at radius 3 is 2.38 bits per heavy atom. The topological polar surface area (TPSA) is 143 Å². The van der Waals surface area contributed by atoms with Gasteiger partial charge in [0.1, 0.15) is 29.1 Å². The number of ether oxygens (including phenoxy) is 3. The average Bonchev–Trinajstić information content (AvgIpc) is 3.25. The van der Waals surface area contributed by atoms with Crippen molar-refractivity contribution in [3.63, 3.8) is 0 Å². The lowest BCUT2D eigenvalue weighted by atomic mass is 10.1. The quantitative estimate of drug-likeness (QED) is 0.377. The van der Waals surface area contributed by atoms with E-state index in [1.54, 1.807) is 60.0 Å². The second-order valence-electron chi connectivity index (χ2n) is 10.8. The highest BCUT2D eigenvalue weighted by Gasteiger charge is 2.26. The number of carbonyl (C=O) groups is 2. The smallest absolute Gasteiger partial charge is 0.407 e. The maximum absolute atomic E-state index is 14.9. The van der Waals surface area contributed by atoms with Crippen molar-refractivity contribution in [2.24, 2.45) is 0 Å². The molecule has 12 nitrogen and oxygen atoms in total. The molecule has 1 aromatic carbocycles. The van der Waals surface area contributed by atoms with Crippen molar-refractivity contribution in [3.05, 3.63) is 48.3 Å². The van der Waals surface area contributed by atoms with Crippen molar-refractivity contribution in [2.45, 2.75) is 78.2 Å². The molecule has 1 amide bonds. The number of hydrogen-bond donors (Lipinski definition) is 1. The summed E-state index contributed by atoms with van der Waals surface area (Å²) in [7, 11) is 0. The number of carbonyl (C=O) groups excluding carboxylic acids is 2. The zero-order valence-corrected chi connectivity index (χ0v) is 23.0. The van der Waals surface area contributed by atoms with Crippen LogP contribution in [0.4, 0.5) is 9.18 Å². The molecule has 0 aliphatic heterocycles. The molecule has 2 heterocycles. The van der Waals surface area contributed by atoms with Crippen LogP contribution in [0.15, 0.2) is 36.9 Å². The molecule has 0 saturated heterocycles. The Balaban J connectivity index is 1.66. The first-order valence-corrected chi connectivity index (χ1v) is 12.4. The summed E-state index contributed by atoms with van der Waals surface area (Å²) in [6.07, 6.45) is 4.52. The first-order chi connectivity index (χ1) is 18.3. The first kappa shape index (κ1) is 29.4. The van der Waals surface area contributed by atoms with Gasteiger partial charge in [0.25, 0.3) is 0 Å². The monoisotopic (exact) mass is 543 g/mol. The third-order valence-electron chi connectivity index (χ3n) is 4.85. The molecule has 0 bridgehead atoms. The highest BCUT2D eigenvalue weighted by molar-refractivity contribution is 5.73. The Morgan fingerprint density at radius 2 is 1.74 bits per heavy atom. The summed E-state index contributed by atoms with van der Waals surface area (Å²) in [6, 6.07) is 3.57. The lowest BCUT2D eigenvalue weighted by Gasteiger charge is -2.24. The van der Waals surface area contributed by atoms with Gasteiger partial charge >= 0.3 is 12.1 Å². The Bertz CT molecular complexity index is 1230. The van der Waals surface area contributed by atoms with E-state index in [2.05, 4.69) is 30.7 Å². The second-order valence-corrected chi connectivity index (χ2v) is 10.8. The fourth-order valence-electron chi connectivity index (χ4n) is 3.36. The average molecular weight is 544 g/mol. The standard InChI is InChI=1S/C26H34FN7O5/c1-25(2,3)38-22(35)11-18(30-24(36)39-26(4,5)6)15-34-32-23(31-33-34)20-8-7-19(12-21(20)27)37-10-9-17-13-28-16-29-14-17/h7-8,12-14,16,18H,9-11,15H2,1-6H3,(H,30,36)/t18-/m0/s1. The molecule has 0 spiro atoms. The Hall–Kier alpha value is -4.16. The number of amides is 1. The molecule has 1 N–H and O–H groups in total. The molecule has 1 atom stereocenters. The number of nitrogens with one attached hydrogen (secondary N) is 1. The number of nitrogens with zero attached hydrogens (tertiary/aromatic N) is 6. The van der Waals surface area contributed by atoms with Crippen molar-refractivity contribution in [3.8, 4) is 17.1 Å². The Morgan fingerprint density at radius 1 is 1.05 bits per heavy atom. The zero-order chi connectivity index (χ0) is 28.6. The SMILES string of the molecule is CC(C)(C)OC(=O)C[C@@H](Cn1nnc(-c2ccc(OCCc3cncnc3)cc2F)n1)NC(=O)OC(C)(C)C. The van der Waals surface area contributed by atoms with E-state index in [4.69, 9.17) is 14.2 Å². The van der Waals surface area contributed by atoms with Crippen molar-refractivity contribution in [1.82, 2.24) is 35.5 Å². The van der Waals surface area contributed by atoms with E-state index in [1.807, 2.05) is 0 Å². The van der Waals surface area contributed by atoms with Crippen molar-refractivity contribution in [1.29, 1.82) is 0 Å². The van der Waals surface area contributed by atoms with E-state index < -0.39 is 35.1 Å². The van der Waals surface area contributed by atoms with Crippen LogP contribution in [0.25, 0.3) is 11.4 Å². The van der Waals surface area contributed by atoms with Gasteiger partial charge in [-0.25, -0.2) is 19.2 Å². The minimum atomic E-state index is -0.771. The summed E-state index contributed by atoms with van der Waals surface area (Å²) in [6.45, 7) is 10.7. The molecule has 210 valence electrons. The molecule has 13 heteroatoms. The normalized spacial score (nSPS) is 12.5. The van der Waals surface area contributed by atoms with E-state index in [9.17, 15) is 14.0 Å². The summed E-state index contributed by atoms with van der Waals surface area (Å²) in [5.74, 6) is -0.731. The van der Waals surface area contributed by atoms with Gasteiger partial charge < -0.3 is 19.5 Å². The number of halogens is 1. The molecule has 2 aromatic heterocycles. The third kappa shape index (κ3) is 10.3. The Kier molecular flexibility index (Phi) is 9.49. The van der Waals surface area contributed by atoms with E-state index in [1.165, 1.54) is 23.3 Å². The van der Waals surface area contributed by atoms with Gasteiger partial charge in [0.15, 0.2) is 0 Å². The number of tetrazole rings is 1. The molecule has 0 radical (unpaired) electrons. The molecule has 0 aliphatic carbocycles. The third-order valence-corrected chi connectivity index (χ3v) is 4.85. The minimum absolute atomic E-state index is 0.0303. The lowest BCUT2D eigenvalue weighted by Crippen LogP contribution is -2.43. The van der Waals surface area contributed by atoms with Gasteiger partial charge in [0, 0.05) is 24.9 Å². The van der Waals surface area contributed by atoms with Crippen LogP contribution in [0.3, 0.4) is 0 Å². The number of aromatic nitrogens is 6. The number of benzene rings is 1. The van der Waals surface area contributed by atoms with Gasteiger partial charge in [-0.05, 0) is 64.5 Å². The lowest BCUT2D eigenvalue weighted by molar-refractivity contribution is -0.155. The van der Waals surface area contributed by atoms with Crippen LogP contribution in [-0.4, -0.2) is 66.1 Å². The highest BCUT2D eigenvalue weighted by Crippen LogP contribution is 2.23. The molecule has 3 rings (SSSR count). The number of alkyl carbamates (subject to hydrolysis) is 1. The van der Waals surface area contributed by atoms with Crippen LogP contribution in [0.1, 0.15) is 53.5 Å². The summed E-state index contributed by atoms with van der Waals surface area (Å²) >= 11 is 0. The molecule has 0 fully saturated rings. The predicted octanol–water partition coefficient (Wildman–Crippen LogP) is 3.52. The molecular formula is C26H34FN7O5. The molecule has 39 heavy (non-hydrogen) atoms. The van der Waals surface area contributed by atoms with Crippen molar-refractivity contribution < 1.29 is 28.2 Å². The number of esters is 1. The van der Waals surface area contributed by atoms with E-state index in [0.717, 1.165) is 5.56 Å². The first-order valence-electron chi connectivity index (χ1n) is 12.4. The fraction of sp³-hybridized carbons (Fsp3) is 0.500. The van der Waals surface area contributed by atoms with E-state index in [0.29, 0.717) is 18.8 Å². The molecule has 0 aliphatic rings. The van der Waals surface area contributed by atoms with Crippen LogP contribution in [0, 0.1) is 5.82 Å². The van der Waals surface area contributed by atoms with Gasteiger partial charge in [-0.2, -0.15) is 4.80 Å². The van der Waals surface area contributed by atoms with E-state index in [-0.39, 0.29) is 24.4 Å². The highest BCUT2D eigenvalue weighted by atomic mass is 19.1. The number of rotatable bonds is 10. The van der Waals surface area contributed by atoms with Crippen LogP contribution in [0.5, 0.6) is 5.75 Å². The molecule has 0 saturated carbocycles. The van der Waals surface area contributed by atoms with Crippen LogP contribution < -0.4 is 10.1 Å². The van der Waals surface area contributed by atoms with Gasteiger partial charge in [0.2, 0.25) is 5.82 Å². The van der Waals surface area contributed by atoms with Gasteiger partial charge in [0.05, 0.1) is 31.2 Å². The summed E-state index contributed by atoms with van der Waals surface area (Å²) in [5.41, 5.74) is -0.409. The minimum Gasteiger partial charge on any atom is -0.493 e. The van der Waals surface area contributed by atoms with Crippen molar-refractivity contribution in [2.75, 3.05) is 6.61 Å². The largest absolute Gasteiger partial charge is 0.493 e. The predicted molar refractivity (Wildman–Crippen MR) is 138 cm³/mol. The van der Waals surface area contributed by atoms with Crippen LogP contribution in [0.2, 0.25) is 0 Å². The maximum atomic E-state index is 14.9. The fourth-order valence-corrected chi connectivity index (χ4v) is 3.36. The molecular weight excluding hydrogens is 509 g/mol. The van der Waals surface area contributed by atoms with Crippen LogP contribution in [-0.2, 0) is 27.2 Å². The van der Waals surface area contributed by atoms with Gasteiger partial charge in [-0.1, -0.05) is 0 Å². The van der Waals surface area contributed by atoms with Crippen LogP contribution >= 0.6 is 0 Å². The zero-order valence-electron chi connectivity index (χ0n) is 23.0. The van der Waals surface area contributed by atoms with Gasteiger partial charge in [-0.3, -0.25) is 4.79 Å². The summed E-state index contributed by atoms with van der Waals surface area (Å²) < 4.78 is 31.2.